The number of hydrogen-bond donors (Lipinski definition) is 1. The van der Waals surface area contributed by atoms with Crippen molar-refractivity contribution in [2.45, 2.75) is 81.6 Å². The largest absolute Gasteiger partial charge is 0.328 e. The van der Waals surface area contributed by atoms with Crippen molar-refractivity contribution in [1.29, 1.82) is 0 Å². The van der Waals surface area contributed by atoms with Gasteiger partial charge in [-0.25, -0.2) is 0 Å². The second-order valence-corrected chi connectivity index (χ2v) is 6.91. The van der Waals surface area contributed by atoms with Gasteiger partial charge in [-0.1, -0.05) is 0 Å². The second kappa shape index (κ2) is 5.10. The zero-order chi connectivity index (χ0) is 12.7. The van der Waals surface area contributed by atoms with Gasteiger partial charge in [-0.05, 0) is 65.5 Å². The maximum absolute atomic E-state index is 6.02. The maximum atomic E-state index is 6.02. The number of piperidine rings is 1. The van der Waals surface area contributed by atoms with Crippen LogP contribution in [0.5, 0.6) is 0 Å². The number of fused-ring (bicyclic) bond motifs is 2. The molecule has 2 aliphatic heterocycles. The van der Waals surface area contributed by atoms with Crippen molar-refractivity contribution in [2.24, 2.45) is 5.73 Å². The number of hydrogen-bond acceptors (Lipinski definition) is 3. The molecule has 2 atom stereocenters. The molecule has 0 amide bonds. The standard InChI is InChI=1S/C15H29N3/c1-17(12-5-3-11(16)4-6-12)15-9-13-7-8-14(10-15)18(13)2/h11-15H,3-10,16H2,1-2H3. The van der Waals surface area contributed by atoms with Gasteiger partial charge >= 0.3 is 0 Å². The zero-order valence-corrected chi connectivity index (χ0v) is 12.0. The van der Waals surface area contributed by atoms with E-state index in [-0.39, 0.29) is 0 Å². The van der Waals surface area contributed by atoms with Gasteiger partial charge in [0, 0.05) is 30.2 Å². The van der Waals surface area contributed by atoms with Crippen molar-refractivity contribution in [2.75, 3.05) is 14.1 Å². The molecular weight excluding hydrogens is 222 g/mol. The van der Waals surface area contributed by atoms with Crippen LogP contribution in [0.4, 0.5) is 0 Å². The first kappa shape index (κ1) is 12.9. The zero-order valence-electron chi connectivity index (χ0n) is 12.0. The molecule has 104 valence electrons. The van der Waals surface area contributed by atoms with Crippen molar-refractivity contribution in [3.63, 3.8) is 0 Å². The Balaban J connectivity index is 1.58. The summed E-state index contributed by atoms with van der Waals surface area (Å²) in [6.07, 6.45) is 10.8. The molecule has 0 spiro atoms. The van der Waals surface area contributed by atoms with Crippen LogP contribution in [-0.4, -0.2) is 54.1 Å². The third-order valence-corrected chi connectivity index (χ3v) is 5.97. The molecule has 3 aliphatic rings. The highest BCUT2D eigenvalue weighted by atomic mass is 15.2. The average molecular weight is 251 g/mol. The molecular formula is C15H29N3. The fourth-order valence-corrected chi connectivity index (χ4v) is 4.52. The minimum absolute atomic E-state index is 0.475. The first-order chi connectivity index (χ1) is 8.65. The highest BCUT2D eigenvalue weighted by Crippen LogP contribution is 2.37. The lowest BCUT2D eigenvalue weighted by Gasteiger charge is -2.44. The van der Waals surface area contributed by atoms with E-state index >= 15 is 0 Å². The number of rotatable bonds is 2. The Labute approximate surface area is 112 Å². The molecule has 3 fully saturated rings. The normalized spacial score (nSPS) is 45.7. The Morgan fingerprint density at radius 1 is 0.889 bits per heavy atom. The molecule has 1 saturated carbocycles. The van der Waals surface area contributed by atoms with Gasteiger partial charge in [0.25, 0.3) is 0 Å². The van der Waals surface area contributed by atoms with Gasteiger partial charge in [0.15, 0.2) is 0 Å². The lowest BCUT2D eigenvalue weighted by atomic mass is 9.88. The Kier molecular flexibility index (Phi) is 3.65. The Morgan fingerprint density at radius 3 is 2.00 bits per heavy atom. The maximum Gasteiger partial charge on any atom is 0.0125 e. The van der Waals surface area contributed by atoms with Crippen molar-refractivity contribution in [3.8, 4) is 0 Å². The fourth-order valence-electron chi connectivity index (χ4n) is 4.52. The summed E-state index contributed by atoms with van der Waals surface area (Å²) >= 11 is 0. The van der Waals surface area contributed by atoms with E-state index in [1.54, 1.807) is 0 Å². The van der Waals surface area contributed by atoms with E-state index in [9.17, 15) is 0 Å². The first-order valence-corrected chi connectivity index (χ1v) is 7.84. The highest BCUT2D eigenvalue weighted by molar-refractivity contribution is 4.97. The summed E-state index contributed by atoms with van der Waals surface area (Å²) in [5, 5.41) is 0. The summed E-state index contributed by atoms with van der Waals surface area (Å²) in [6.45, 7) is 0. The molecule has 0 radical (unpaired) electrons. The molecule has 3 heteroatoms. The Morgan fingerprint density at radius 2 is 1.44 bits per heavy atom. The molecule has 3 rings (SSSR count). The van der Waals surface area contributed by atoms with Crippen LogP contribution in [0, 0.1) is 0 Å². The van der Waals surface area contributed by atoms with Crippen LogP contribution >= 0.6 is 0 Å². The third-order valence-electron chi connectivity index (χ3n) is 5.97. The monoisotopic (exact) mass is 251 g/mol. The van der Waals surface area contributed by atoms with Crippen molar-refractivity contribution >= 4 is 0 Å². The Bertz CT molecular complexity index is 271. The molecule has 2 saturated heterocycles. The molecule has 2 bridgehead atoms. The van der Waals surface area contributed by atoms with Gasteiger partial charge in [0.2, 0.25) is 0 Å². The van der Waals surface area contributed by atoms with Crippen LogP contribution in [0.2, 0.25) is 0 Å². The van der Waals surface area contributed by atoms with E-state index in [2.05, 4.69) is 23.9 Å². The van der Waals surface area contributed by atoms with Crippen molar-refractivity contribution in [1.82, 2.24) is 9.80 Å². The third kappa shape index (κ3) is 2.33. The summed E-state index contributed by atoms with van der Waals surface area (Å²) in [4.78, 5) is 5.35. The summed E-state index contributed by atoms with van der Waals surface area (Å²) in [5.41, 5.74) is 6.02. The Hall–Kier alpha value is -0.120. The van der Waals surface area contributed by atoms with Crippen molar-refractivity contribution in [3.05, 3.63) is 0 Å². The molecule has 2 unspecified atom stereocenters. The molecule has 0 aromatic heterocycles. The lowest BCUT2D eigenvalue weighted by Crippen LogP contribution is -2.51. The SMILES string of the molecule is CN1C2CCC1CC(N(C)C1CCC(N)CC1)C2. The van der Waals surface area contributed by atoms with Crippen LogP contribution in [0.15, 0.2) is 0 Å². The molecule has 18 heavy (non-hydrogen) atoms. The van der Waals surface area contributed by atoms with Gasteiger partial charge < -0.3 is 15.5 Å². The average Bonchev–Trinajstić information content (AvgIpc) is 2.62. The second-order valence-electron chi connectivity index (χ2n) is 6.91. The summed E-state index contributed by atoms with van der Waals surface area (Å²) in [7, 11) is 4.70. The predicted molar refractivity (Wildman–Crippen MR) is 75.6 cm³/mol. The predicted octanol–water partition coefficient (Wildman–Crippen LogP) is 1.81. The van der Waals surface area contributed by atoms with Gasteiger partial charge in [0.1, 0.15) is 0 Å². The lowest BCUT2D eigenvalue weighted by molar-refractivity contribution is 0.0530. The van der Waals surface area contributed by atoms with Gasteiger partial charge in [0.05, 0.1) is 0 Å². The van der Waals surface area contributed by atoms with E-state index in [1.807, 2.05) is 0 Å². The van der Waals surface area contributed by atoms with Gasteiger partial charge in [-0.15, -0.1) is 0 Å². The number of nitrogens with two attached hydrogens (primary N) is 1. The van der Waals surface area contributed by atoms with E-state index in [0.29, 0.717) is 6.04 Å². The van der Waals surface area contributed by atoms with Gasteiger partial charge in [-0.2, -0.15) is 0 Å². The first-order valence-electron chi connectivity index (χ1n) is 7.84. The topological polar surface area (TPSA) is 32.5 Å². The summed E-state index contributed by atoms with van der Waals surface area (Å²) in [6, 6.07) is 3.84. The van der Waals surface area contributed by atoms with Crippen LogP contribution < -0.4 is 5.73 Å². The fraction of sp³-hybridized carbons (Fsp3) is 1.00. The molecule has 3 nitrogen and oxygen atoms in total. The van der Waals surface area contributed by atoms with E-state index in [4.69, 9.17) is 5.73 Å². The van der Waals surface area contributed by atoms with Crippen LogP contribution in [0.1, 0.15) is 51.4 Å². The van der Waals surface area contributed by atoms with Crippen LogP contribution in [0.3, 0.4) is 0 Å². The number of nitrogens with zero attached hydrogens (tertiary/aromatic N) is 2. The smallest absolute Gasteiger partial charge is 0.0125 e. The minimum atomic E-state index is 0.475. The summed E-state index contributed by atoms with van der Waals surface area (Å²) < 4.78 is 0. The summed E-state index contributed by atoms with van der Waals surface area (Å²) in [5.74, 6) is 0. The van der Waals surface area contributed by atoms with Gasteiger partial charge in [-0.3, -0.25) is 0 Å². The molecule has 0 aromatic rings. The van der Waals surface area contributed by atoms with E-state index < -0.39 is 0 Å². The van der Waals surface area contributed by atoms with Crippen LogP contribution in [0.25, 0.3) is 0 Å². The van der Waals surface area contributed by atoms with Crippen molar-refractivity contribution < 1.29 is 0 Å². The van der Waals surface area contributed by atoms with E-state index in [0.717, 1.165) is 24.2 Å². The van der Waals surface area contributed by atoms with E-state index in [1.165, 1.54) is 51.4 Å². The molecule has 1 aliphatic carbocycles. The minimum Gasteiger partial charge on any atom is -0.328 e. The quantitative estimate of drug-likeness (QED) is 0.812. The van der Waals surface area contributed by atoms with Crippen LogP contribution in [-0.2, 0) is 0 Å². The molecule has 2 N–H and O–H groups in total. The molecule has 2 heterocycles. The molecule has 0 aromatic carbocycles. The highest BCUT2D eigenvalue weighted by Gasteiger charge is 2.40.